The van der Waals surface area contributed by atoms with Gasteiger partial charge in [-0.05, 0) is 85.5 Å². The highest BCUT2D eigenvalue weighted by atomic mass is 32.1. The van der Waals surface area contributed by atoms with Crippen LogP contribution in [-0.2, 0) is 24.1 Å². The van der Waals surface area contributed by atoms with Gasteiger partial charge >= 0.3 is 5.97 Å². The molecular formula is C33H51NO2S. The largest absolute Gasteiger partial charge is 0.426 e. The second kappa shape index (κ2) is 16.3. The first-order valence-electron chi connectivity index (χ1n) is 15.1. The maximum atomic E-state index is 12.9. The van der Waals surface area contributed by atoms with Crippen LogP contribution in [0.3, 0.4) is 0 Å². The lowest BCUT2D eigenvalue weighted by Gasteiger charge is -2.35. The molecule has 4 heteroatoms. The third kappa shape index (κ3) is 9.55. The molecule has 3 nitrogen and oxygen atoms in total. The number of hydrogen-bond acceptors (Lipinski definition) is 4. The van der Waals surface area contributed by atoms with Crippen molar-refractivity contribution in [3.05, 3.63) is 51.7 Å². The number of carbonyl (C=O) groups excluding carboxylic acids is 1. The van der Waals surface area contributed by atoms with Gasteiger partial charge in [-0.1, -0.05) is 84.4 Å². The maximum absolute atomic E-state index is 12.9. The Bertz CT molecular complexity index is 909. The molecule has 0 saturated carbocycles. The van der Waals surface area contributed by atoms with Crippen LogP contribution in [0.15, 0.2) is 35.7 Å². The summed E-state index contributed by atoms with van der Waals surface area (Å²) in [5.41, 5.74) is 2.63. The van der Waals surface area contributed by atoms with Crippen molar-refractivity contribution in [3.63, 3.8) is 0 Å². The van der Waals surface area contributed by atoms with Gasteiger partial charge in [-0.2, -0.15) is 0 Å². The maximum Gasteiger partial charge on any atom is 0.311 e. The molecule has 3 unspecified atom stereocenters. The van der Waals surface area contributed by atoms with E-state index in [0.717, 1.165) is 50.9 Å². The van der Waals surface area contributed by atoms with Crippen LogP contribution < -0.4 is 4.74 Å². The Morgan fingerprint density at radius 3 is 2.57 bits per heavy atom. The quantitative estimate of drug-likeness (QED) is 0.153. The molecule has 1 aromatic carbocycles. The number of thiophene rings is 1. The first-order chi connectivity index (χ1) is 18.0. The molecule has 1 aliphatic carbocycles. The highest BCUT2D eigenvalue weighted by molar-refractivity contribution is 7.09. The molecule has 0 amide bonds. The standard InChI is InChI=1S/C33H51NO2S/c1-5-8-12-26(4)27(13-9-6-2)17-20-33(35)36-32-16-10-14-28-25-29(18-19-31(28)32)34(22-7-3)23-21-30-15-11-24-37-30/h10-11,14-16,24,26-27,29H,5-9,12-13,17-23,25H2,1-4H3. The minimum Gasteiger partial charge on any atom is -0.426 e. The molecule has 3 atom stereocenters. The normalized spacial score (nSPS) is 16.9. The van der Waals surface area contributed by atoms with Crippen LogP contribution in [0.1, 0.15) is 108 Å². The van der Waals surface area contributed by atoms with Crippen LogP contribution in [0.2, 0.25) is 0 Å². The van der Waals surface area contributed by atoms with Crippen LogP contribution in [-0.4, -0.2) is 30.0 Å². The lowest BCUT2D eigenvalue weighted by molar-refractivity contribution is -0.134. The van der Waals surface area contributed by atoms with Crippen LogP contribution in [0.5, 0.6) is 5.75 Å². The average molecular weight is 526 g/mol. The second-order valence-corrected chi connectivity index (χ2v) is 12.2. The lowest BCUT2D eigenvalue weighted by atomic mass is 9.83. The number of unbranched alkanes of at least 4 members (excludes halogenated alkanes) is 2. The molecule has 0 bridgehead atoms. The van der Waals surface area contributed by atoms with Gasteiger partial charge in [0.15, 0.2) is 0 Å². The molecular weight excluding hydrogens is 474 g/mol. The minimum atomic E-state index is -0.0525. The number of rotatable bonds is 17. The van der Waals surface area contributed by atoms with Gasteiger partial charge in [0.2, 0.25) is 0 Å². The van der Waals surface area contributed by atoms with Crippen LogP contribution in [0, 0.1) is 11.8 Å². The molecule has 0 N–H and O–H groups in total. The summed E-state index contributed by atoms with van der Waals surface area (Å²) in [5.74, 6) is 2.07. The predicted octanol–water partition coefficient (Wildman–Crippen LogP) is 8.88. The fourth-order valence-electron chi connectivity index (χ4n) is 6.05. The highest BCUT2D eigenvalue weighted by Crippen LogP contribution is 2.33. The van der Waals surface area contributed by atoms with Gasteiger partial charge in [0, 0.05) is 23.9 Å². The van der Waals surface area contributed by atoms with Crippen molar-refractivity contribution in [1.82, 2.24) is 4.90 Å². The Morgan fingerprint density at radius 2 is 1.84 bits per heavy atom. The zero-order valence-electron chi connectivity index (χ0n) is 24.0. The number of nitrogens with zero attached hydrogens (tertiary/aromatic N) is 1. The van der Waals surface area contributed by atoms with Gasteiger partial charge < -0.3 is 4.74 Å². The van der Waals surface area contributed by atoms with E-state index in [-0.39, 0.29) is 5.97 Å². The Balaban J connectivity index is 1.57. The summed E-state index contributed by atoms with van der Waals surface area (Å²) in [6, 6.07) is 11.3. The summed E-state index contributed by atoms with van der Waals surface area (Å²) in [5, 5.41) is 2.18. The topological polar surface area (TPSA) is 29.5 Å². The van der Waals surface area contributed by atoms with Crippen molar-refractivity contribution < 1.29 is 9.53 Å². The van der Waals surface area contributed by atoms with Crippen molar-refractivity contribution in [3.8, 4) is 5.75 Å². The number of fused-ring (bicyclic) bond motifs is 1. The molecule has 1 aliphatic rings. The fraction of sp³-hybridized carbons (Fsp3) is 0.667. The van der Waals surface area contributed by atoms with E-state index in [2.05, 4.69) is 62.2 Å². The number of benzene rings is 1. The van der Waals surface area contributed by atoms with E-state index >= 15 is 0 Å². The van der Waals surface area contributed by atoms with Crippen LogP contribution in [0.25, 0.3) is 0 Å². The van der Waals surface area contributed by atoms with Gasteiger partial charge in [-0.3, -0.25) is 9.69 Å². The monoisotopic (exact) mass is 525 g/mol. The van der Waals surface area contributed by atoms with Crippen molar-refractivity contribution in [2.24, 2.45) is 11.8 Å². The van der Waals surface area contributed by atoms with Crippen molar-refractivity contribution in [1.29, 1.82) is 0 Å². The van der Waals surface area contributed by atoms with E-state index in [4.69, 9.17) is 4.74 Å². The van der Waals surface area contributed by atoms with Crippen molar-refractivity contribution in [2.75, 3.05) is 13.1 Å². The smallest absolute Gasteiger partial charge is 0.311 e. The summed E-state index contributed by atoms with van der Waals surface area (Å²) in [6.45, 7) is 11.5. The van der Waals surface area contributed by atoms with Gasteiger partial charge in [0.25, 0.3) is 0 Å². The third-order valence-electron chi connectivity index (χ3n) is 8.36. The van der Waals surface area contributed by atoms with Gasteiger partial charge in [0.1, 0.15) is 5.75 Å². The van der Waals surface area contributed by atoms with Crippen molar-refractivity contribution >= 4 is 17.3 Å². The van der Waals surface area contributed by atoms with E-state index in [9.17, 15) is 4.79 Å². The molecule has 0 saturated heterocycles. The SMILES string of the molecule is CCCCC(C)C(CCCC)CCC(=O)Oc1cccc2c1CCC(N(CCC)CCc1cccs1)C2. The second-order valence-electron chi connectivity index (χ2n) is 11.2. The molecule has 1 heterocycles. The van der Waals surface area contributed by atoms with Gasteiger partial charge in [0.05, 0.1) is 0 Å². The third-order valence-corrected chi connectivity index (χ3v) is 9.29. The Morgan fingerprint density at radius 1 is 1.03 bits per heavy atom. The van der Waals surface area contributed by atoms with Crippen LogP contribution >= 0.6 is 11.3 Å². The first kappa shape index (κ1) is 29.9. The molecule has 1 aromatic heterocycles. The zero-order valence-corrected chi connectivity index (χ0v) is 24.8. The van der Waals surface area contributed by atoms with E-state index in [1.165, 1.54) is 60.9 Å². The Kier molecular flexibility index (Phi) is 13.2. The van der Waals surface area contributed by atoms with E-state index in [0.29, 0.717) is 24.3 Å². The molecule has 0 fully saturated rings. The lowest BCUT2D eigenvalue weighted by Crippen LogP contribution is -2.41. The highest BCUT2D eigenvalue weighted by Gasteiger charge is 2.26. The van der Waals surface area contributed by atoms with Gasteiger partial charge in [-0.25, -0.2) is 0 Å². The first-order valence-corrected chi connectivity index (χ1v) is 16.0. The molecule has 0 aliphatic heterocycles. The Labute approximate surface area is 231 Å². The Hall–Kier alpha value is -1.65. The summed E-state index contributed by atoms with van der Waals surface area (Å²) < 4.78 is 6.02. The molecule has 0 radical (unpaired) electrons. The summed E-state index contributed by atoms with van der Waals surface area (Å²) in [6.07, 6.45) is 14.5. The summed E-state index contributed by atoms with van der Waals surface area (Å²) >= 11 is 1.86. The molecule has 2 aromatic rings. The number of hydrogen-bond donors (Lipinski definition) is 0. The molecule has 0 spiro atoms. The minimum absolute atomic E-state index is 0.0525. The van der Waals surface area contributed by atoms with Gasteiger partial charge in [-0.15, -0.1) is 11.3 Å². The van der Waals surface area contributed by atoms with E-state index in [1.807, 2.05) is 17.4 Å². The number of carbonyl (C=O) groups is 1. The molecule has 3 rings (SSSR count). The summed E-state index contributed by atoms with van der Waals surface area (Å²) in [4.78, 5) is 17.1. The molecule has 206 valence electrons. The fourth-order valence-corrected chi connectivity index (χ4v) is 6.75. The zero-order chi connectivity index (χ0) is 26.5. The predicted molar refractivity (Wildman–Crippen MR) is 159 cm³/mol. The number of esters is 1. The molecule has 37 heavy (non-hydrogen) atoms. The van der Waals surface area contributed by atoms with E-state index < -0.39 is 0 Å². The average Bonchev–Trinajstić information content (AvgIpc) is 3.43. The summed E-state index contributed by atoms with van der Waals surface area (Å²) in [7, 11) is 0. The number of ether oxygens (including phenoxy) is 1. The van der Waals surface area contributed by atoms with Crippen LogP contribution in [0.4, 0.5) is 0 Å². The van der Waals surface area contributed by atoms with E-state index in [1.54, 1.807) is 0 Å². The van der Waals surface area contributed by atoms with Crippen molar-refractivity contribution in [2.45, 2.75) is 117 Å².